The maximum atomic E-state index is 2.49. The van der Waals surface area contributed by atoms with Crippen molar-refractivity contribution >= 4 is 32.3 Å². The van der Waals surface area contributed by atoms with Gasteiger partial charge in [0, 0.05) is 0 Å². The van der Waals surface area contributed by atoms with Crippen molar-refractivity contribution < 1.29 is 0 Å². The summed E-state index contributed by atoms with van der Waals surface area (Å²) in [4.78, 5) is 0. The zero-order valence-corrected chi connectivity index (χ0v) is 32.2. The molecule has 0 unspecified atom stereocenters. The molecule has 0 aliphatic heterocycles. The highest BCUT2D eigenvalue weighted by atomic mass is 14.3. The maximum absolute atomic E-state index is 2.49. The molecule has 0 atom stereocenters. The molecule has 10 aromatic rings. The van der Waals surface area contributed by atoms with Crippen molar-refractivity contribution in [2.75, 3.05) is 0 Å². The molecule has 0 spiro atoms. The van der Waals surface area contributed by atoms with Gasteiger partial charge < -0.3 is 0 Å². The Morgan fingerprint density at radius 2 is 0.719 bits per heavy atom. The summed E-state index contributed by atoms with van der Waals surface area (Å²) in [6, 6.07) is 66.3. The van der Waals surface area contributed by atoms with Gasteiger partial charge in [-0.1, -0.05) is 175 Å². The molecule has 0 heteroatoms. The molecule has 0 saturated heterocycles. The zero-order valence-electron chi connectivity index (χ0n) is 32.2. The molecule has 12 rings (SSSR count). The number of hydrogen-bond donors (Lipinski definition) is 0. The Balaban J connectivity index is 1.20. The number of rotatable bonds is 4. The number of aryl methyl sites for hydroxylation is 3. The summed E-state index contributed by atoms with van der Waals surface area (Å²) in [7, 11) is 0. The fourth-order valence-corrected chi connectivity index (χ4v) is 10.7. The van der Waals surface area contributed by atoms with E-state index in [0.717, 1.165) is 0 Å². The predicted molar refractivity (Wildman–Crippen MR) is 244 cm³/mol. The molecule has 0 saturated carbocycles. The largest absolute Gasteiger partial charge is 0.0622 e. The van der Waals surface area contributed by atoms with Crippen LogP contribution in [0, 0.1) is 20.8 Å². The minimum absolute atomic E-state index is 1.24. The van der Waals surface area contributed by atoms with Gasteiger partial charge in [-0.3, -0.25) is 0 Å². The molecule has 0 heterocycles. The van der Waals surface area contributed by atoms with Crippen molar-refractivity contribution in [3.8, 4) is 89.0 Å². The molecule has 0 aromatic heterocycles. The standard InChI is InChI=1S/C57H38/c1-33-30-34(2)51(35(3)31-33)46-28-29-49-55-44(46)22-13-23-48(55)56-53(37-16-8-5-9-17-37)50-32-38(24-25-47(50)52(57(49)56)36-14-6-4-7-15-36)39-26-27-45-41-19-11-10-18-40(41)43-21-12-20-42(39)54(43)45/h4-32H,1-3H3. The van der Waals surface area contributed by atoms with Crippen LogP contribution < -0.4 is 0 Å². The van der Waals surface area contributed by atoms with E-state index in [9.17, 15) is 0 Å². The third kappa shape index (κ3) is 4.50. The molecule has 0 nitrogen and oxygen atoms in total. The van der Waals surface area contributed by atoms with Crippen LogP contribution in [0.3, 0.4) is 0 Å². The maximum Gasteiger partial charge on any atom is -0.000741 e. The van der Waals surface area contributed by atoms with Gasteiger partial charge in [0.05, 0.1) is 0 Å². The number of fused-ring (bicyclic) bond motifs is 7. The fourth-order valence-electron chi connectivity index (χ4n) is 10.7. The highest BCUT2D eigenvalue weighted by Crippen LogP contribution is 2.59. The topological polar surface area (TPSA) is 0 Å². The lowest BCUT2D eigenvalue weighted by Crippen LogP contribution is -1.94. The van der Waals surface area contributed by atoms with Crippen LogP contribution in [-0.2, 0) is 0 Å². The molecule has 2 aliphatic carbocycles. The summed E-state index contributed by atoms with van der Waals surface area (Å²) in [6.07, 6.45) is 0. The average Bonchev–Trinajstić information content (AvgIpc) is 3.75. The normalized spacial score (nSPS) is 12.1. The van der Waals surface area contributed by atoms with Crippen molar-refractivity contribution in [3.05, 3.63) is 193 Å². The van der Waals surface area contributed by atoms with Gasteiger partial charge in [0.25, 0.3) is 0 Å². The van der Waals surface area contributed by atoms with Crippen LogP contribution in [0.25, 0.3) is 121 Å². The van der Waals surface area contributed by atoms with Crippen molar-refractivity contribution in [1.29, 1.82) is 0 Å². The van der Waals surface area contributed by atoms with Crippen LogP contribution in [0.5, 0.6) is 0 Å². The van der Waals surface area contributed by atoms with E-state index in [4.69, 9.17) is 0 Å². The second-order valence-electron chi connectivity index (χ2n) is 16.1. The minimum atomic E-state index is 1.24. The van der Waals surface area contributed by atoms with E-state index in [1.165, 1.54) is 138 Å². The van der Waals surface area contributed by atoms with Crippen LogP contribution in [-0.4, -0.2) is 0 Å². The third-order valence-corrected chi connectivity index (χ3v) is 12.8. The quantitative estimate of drug-likeness (QED) is 0.170. The van der Waals surface area contributed by atoms with Crippen LogP contribution in [0.15, 0.2) is 176 Å². The molecule has 0 N–H and O–H groups in total. The van der Waals surface area contributed by atoms with Gasteiger partial charge in [-0.2, -0.15) is 0 Å². The predicted octanol–water partition coefficient (Wildman–Crippen LogP) is 16.0. The Bertz CT molecular complexity index is 3290. The highest BCUT2D eigenvalue weighted by molar-refractivity contribution is 6.29. The summed E-state index contributed by atoms with van der Waals surface area (Å²) in [6.45, 7) is 6.73. The highest BCUT2D eigenvalue weighted by Gasteiger charge is 2.32. The Kier molecular flexibility index (Phi) is 6.78. The summed E-state index contributed by atoms with van der Waals surface area (Å²) < 4.78 is 0. The SMILES string of the molecule is Cc1cc(C)c(-c2ccc3c4c(cccc24)-c2c-3c(-c3ccccc3)c3ccc(-c4ccc5c6c(cccc46)-c4ccccc4-5)cc3c2-c2ccccc2)c(C)c1. The van der Waals surface area contributed by atoms with Crippen molar-refractivity contribution in [2.45, 2.75) is 20.8 Å². The van der Waals surface area contributed by atoms with E-state index in [-0.39, 0.29) is 0 Å². The molecule has 266 valence electrons. The molecule has 0 bridgehead atoms. The second-order valence-corrected chi connectivity index (χ2v) is 16.1. The molecule has 57 heavy (non-hydrogen) atoms. The summed E-state index contributed by atoms with van der Waals surface area (Å²) >= 11 is 0. The molecule has 0 radical (unpaired) electrons. The van der Waals surface area contributed by atoms with Gasteiger partial charge in [-0.15, -0.1) is 0 Å². The van der Waals surface area contributed by atoms with E-state index >= 15 is 0 Å². The first-order chi connectivity index (χ1) is 28.0. The first kappa shape index (κ1) is 32.2. The van der Waals surface area contributed by atoms with Crippen LogP contribution in [0.1, 0.15) is 16.7 Å². The van der Waals surface area contributed by atoms with E-state index in [2.05, 4.69) is 197 Å². The van der Waals surface area contributed by atoms with E-state index < -0.39 is 0 Å². The number of benzene rings is 10. The molecule has 2 aliphatic rings. The lowest BCUT2D eigenvalue weighted by atomic mass is 9.81. The monoisotopic (exact) mass is 722 g/mol. The molecular formula is C57H38. The van der Waals surface area contributed by atoms with E-state index in [0.29, 0.717) is 0 Å². The number of hydrogen-bond acceptors (Lipinski definition) is 0. The first-order valence-corrected chi connectivity index (χ1v) is 20.1. The summed E-state index contributed by atoms with van der Waals surface area (Å²) in [5.74, 6) is 0. The second kappa shape index (κ2) is 12.0. The third-order valence-electron chi connectivity index (χ3n) is 12.8. The van der Waals surface area contributed by atoms with E-state index in [1.807, 2.05) is 0 Å². The Hall–Kier alpha value is -7.02. The first-order valence-electron chi connectivity index (χ1n) is 20.1. The van der Waals surface area contributed by atoms with Gasteiger partial charge in [0.1, 0.15) is 0 Å². The van der Waals surface area contributed by atoms with Gasteiger partial charge >= 0.3 is 0 Å². The minimum Gasteiger partial charge on any atom is -0.0622 e. The Morgan fingerprint density at radius 3 is 1.39 bits per heavy atom. The van der Waals surface area contributed by atoms with Crippen LogP contribution in [0.4, 0.5) is 0 Å². The lowest BCUT2D eigenvalue weighted by Gasteiger charge is -2.21. The molecule has 0 amide bonds. The molecular weight excluding hydrogens is 685 g/mol. The van der Waals surface area contributed by atoms with E-state index in [1.54, 1.807) is 0 Å². The van der Waals surface area contributed by atoms with Crippen molar-refractivity contribution in [3.63, 3.8) is 0 Å². The smallest absolute Gasteiger partial charge is 0.000741 e. The Morgan fingerprint density at radius 1 is 0.246 bits per heavy atom. The average molecular weight is 723 g/mol. The fraction of sp³-hybridized carbons (Fsp3) is 0.0526. The van der Waals surface area contributed by atoms with Gasteiger partial charge in [0.15, 0.2) is 0 Å². The Labute approximate surface area is 333 Å². The van der Waals surface area contributed by atoms with Crippen molar-refractivity contribution in [1.82, 2.24) is 0 Å². The van der Waals surface area contributed by atoms with Gasteiger partial charge in [-0.25, -0.2) is 0 Å². The summed E-state index contributed by atoms with van der Waals surface area (Å²) in [5, 5.41) is 7.87. The van der Waals surface area contributed by atoms with Gasteiger partial charge in [0.2, 0.25) is 0 Å². The lowest BCUT2D eigenvalue weighted by molar-refractivity contribution is 1.32. The van der Waals surface area contributed by atoms with Gasteiger partial charge in [-0.05, 0) is 159 Å². The van der Waals surface area contributed by atoms with Crippen LogP contribution in [0.2, 0.25) is 0 Å². The molecule has 10 aromatic carbocycles. The van der Waals surface area contributed by atoms with Crippen molar-refractivity contribution in [2.24, 2.45) is 0 Å². The molecule has 0 fully saturated rings. The van der Waals surface area contributed by atoms with Crippen LogP contribution >= 0.6 is 0 Å². The zero-order chi connectivity index (χ0) is 37.9. The summed E-state index contributed by atoms with van der Waals surface area (Å²) in [5.41, 5.74) is 24.8.